The number of rotatable bonds is 3. The van der Waals surface area contributed by atoms with Crippen molar-refractivity contribution in [1.29, 1.82) is 0 Å². The lowest BCUT2D eigenvalue weighted by Crippen LogP contribution is -2.40. The third kappa shape index (κ3) is 1.27. The van der Waals surface area contributed by atoms with E-state index in [0.29, 0.717) is 11.8 Å². The molecule has 0 radical (unpaired) electrons. The van der Waals surface area contributed by atoms with E-state index < -0.39 is 5.60 Å². The van der Waals surface area contributed by atoms with E-state index in [4.69, 9.17) is 4.74 Å². The number of ether oxygens (including phenoxy) is 1. The number of aliphatic hydroxyl groups is 1. The second kappa shape index (κ2) is 3.00. The lowest BCUT2D eigenvalue weighted by molar-refractivity contribution is -0.0446. The maximum absolute atomic E-state index is 10.4. The van der Waals surface area contributed by atoms with Crippen LogP contribution >= 0.6 is 0 Å². The molecule has 0 spiro atoms. The zero-order valence-corrected chi connectivity index (χ0v) is 7.75. The van der Waals surface area contributed by atoms with Crippen LogP contribution in [0.25, 0.3) is 0 Å². The fraction of sp³-hybridized carbons (Fsp3) is 1.00. The van der Waals surface area contributed by atoms with Crippen molar-refractivity contribution in [3.05, 3.63) is 0 Å². The Hall–Kier alpha value is -0.0800. The summed E-state index contributed by atoms with van der Waals surface area (Å²) in [5.41, 5.74) is -0.392. The molecule has 1 saturated heterocycles. The highest BCUT2D eigenvalue weighted by atomic mass is 16.5. The zero-order chi connectivity index (χ0) is 8.60. The average molecular weight is 170 g/mol. The minimum absolute atomic E-state index is 0.392. The molecular weight excluding hydrogens is 152 g/mol. The molecule has 1 aliphatic carbocycles. The van der Waals surface area contributed by atoms with E-state index in [1.165, 1.54) is 12.8 Å². The van der Waals surface area contributed by atoms with Crippen LogP contribution < -0.4 is 0 Å². The summed E-state index contributed by atoms with van der Waals surface area (Å²) in [6.07, 6.45) is 4.40. The first-order valence-electron chi connectivity index (χ1n) is 5.07. The van der Waals surface area contributed by atoms with Crippen LogP contribution in [0.1, 0.15) is 32.6 Å². The summed E-state index contributed by atoms with van der Waals surface area (Å²) in [5, 5.41) is 10.4. The summed E-state index contributed by atoms with van der Waals surface area (Å²) in [6.45, 7) is 3.72. The highest BCUT2D eigenvalue weighted by Crippen LogP contribution is 2.47. The third-order valence-electron chi connectivity index (χ3n) is 3.49. The van der Waals surface area contributed by atoms with Crippen LogP contribution in [-0.4, -0.2) is 23.9 Å². The van der Waals surface area contributed by atoms with E-state index in [0.717, 1.165) is 26.1 Å². The van der Waals surface area contributed by atoms with E-state index >= 15 is 0 Å². The lowest BCUT2D eigenvalue weighted by Gasteiger charge is -2.32. The van der Waals surface area contributed by atoms with Gasteiger partial charge in [0.15, 0.2) is 0 Å². The van der Waals surface area contributed by atoms with Gasteiger partial charge in [-0.15, -0.1) is 0 Å². The molecule has 1 aliphatic heterocycles. The molecule has 0 aromatic heterocycles. The molecular formula is C10H18O2. The number of hydrogen-bond acceptors (Lipinski definition) is 2. The second-order valence-corrected chi connectivity index (χ2v) is 4.18. The Labute approximate surface area is 73.9 Å². The van der Waals surface area contributed by atoms with Gasteiger partial charge in [-0.25, -0.2) is 0 Å². The first kappa shape index (κ1) is 8.52. The molecule has 2 heteroatoms. The van der Waals surface area contributed by atoms with Crippen molar-refractivity contribution in [3.8, 4) is 0 Å². The van der Waals surface area contributed by atoms with Crippen LogP contribution in [0.5, 0.6) is 0 Å². The molecule has 1 heterocycles. The summed E-state index contributed by atoms with van der Waals surface area (Å²) in [7, 11) is 0. The highest BCUT2D eigenvalue weighted by Gasteiger charge is 2.48. The molecule has 1 N–H and O–H groups in total. The van der Waals surface area contributed by atoms with Crippen LogP contribution in [-0.2, 0) is 4.74 Å². The fourth-order valence-electron chi connectivity index (χ4n) is 2.42. The van der Waals surface area contributed by atoms with E-state index in [1.54, 1.807) is 0 Å². The molecule has 0 aromatic rings. The van der Waals surface area contributed by atoms with Gasteiger partial charge in [-0.3, -0.25) is 0 Å². The van der Waals surface area contributed by atoms with Crippen molar-refractivity contribution in [2.45, 2.75) is 38.2 Å². The van der Waals surface area contributed by atoms with E-state index in [2.05, 4.69) is 6.92 Å². The summed E-state index contributed by atoms with van der Waals surface area (Å²) in [4.78, 5) is 0. The standard InChI is InChI=1S/C10H18O2/c1-2-10(11,8-3-4-8)9-5-6-12-7-9/h8-9,11H,2-7H2,1H3. The maximum Gasteiger partial charge on any atom is 0.0724 e. The largest absolute Gasteiger partial charge is 0.389 e. The van der Waals surface area contributed by atoms with Crippen molar-refractivity contribution in [2.24, 2.45) is 11.8 Å². The van der Waals surface area contributed by atoms with Gasteiger partial charge in [-0.05, 0) is 31.6 Å². The van der Waals surface area contributed by atoms with Crippen LogP contribution in [0, 0.1) is 11.8 Å². The molecule has 2 unspecified atom stereocenters. The van der Waals surface area contributed by atoms with Crippen LogP contribution in [0.3, 0.4) is 0 Å². The lowest BCUT2D eigenvalue weighted by atomic mass is 9.80. The normalized spacial score (nSPS) is 35.0. The van der Waals surface area contributed by atoms with Gasteiger partial charge in [0.05, 0.1) is 12.2 Å². The van der Waals surface area contributed by atoms with Crippen LogP contribution in [0.4, 0.5) is 0 Å². The van der Waals surface area contributed by atoms with Crippen molar-refractivity contribution < 1.29 is 9.84 Å². The molecule has 1 saturated carbocycles. The predicted octanol–water partition coefficient (Wildman–Crippen LogP) is 1.57. The first-order valence-corrected chi connectivity index (χ1v) is 5.07. The monoisotopic (exact) mass is 170 g/mol. The Bertz CT molecular complexity index is 159. The van der Waals surface area contributed by atoms with Gasteiger partial charge in [-0.2, -0.15) is 0 Å². The highest BCUT2D eigenvalue weighted by molar-refractivity contribution is 4.99. The SMILES string of the molecule is CCC(O)(C1CC1)C1CCOC1. The summed E-state index contributed by atoms with van der Waals surface area (Å²) >= 11 is 0. The van der Waals surface area contributed by atoms with Crippen LogP contribution in [0.2, 0.25) is 0 Å². The fourth-order valence-corrected chi connectivity index (χ4v) is 2.42. The summed E-state index contributed by atoms with van der Waals surface area (Å²) in [6, 6.07) is 0. The van der Waals surface area contributed by atoms with E-state index in [1.807, 2.05) is 0 Å². The minimum Gasteiger partial charge on any atom is -0.389 e. The van der Waals surface area contributed by atoms with Gasteiger partial charge in [0.1, 0.15) is 0 Å². The molecule has 0 amide bonds. The van der Waals surface area contributed by atoms with Crippen molar-refractivity contribution in [1.82, 2.24) is 0 Å². The first-order chi connectivity index (χ1) is 5.77. The summed E-state index contributed by atoms with van der Waals surface area (Å²) < 4.78 is 5.32. The molecule has 2 rings (SSSR count). The van der Waals surface area contributed by atoms with Gasteiger partial charge >= 0.3 is 0 Å². The van der Waals surface area contributed by atoms with Gasteiger partial charge < -0.3 is 9.84 Å². The molecule has 0 aromatic carbocycles. The van der Waals surface area contributed by atoms with E-state index in [-0.39, 0.29) is 0 Å². The number of hydrogen-bond donors (Lipinski definition) is 1. The molecule has 12 heavy (non-hydrogen) atoms. The van der Waals surface area contributed by atoms with Crippen molar-refractivity contribution in [3.63, 3.8) is 0 Å². The smallest absolute Gasteiger partial charge is 0.0724 e. The molecule has 2 nitrogen and oxygen atoms in total. The maximum atomic E-state index is 10.4. The molecule has 70 valence electrons. The van der Waals surface area contributed by atoms with Gasteiger partial charge in [0, 0.05) is 12.5 Å². The second-order valence-electron chi connectivity index (χ2n) is 4.18. The minimum atomic E-state index is -0.392. The Balaban J connectivity index is 2.03. The quantitative estimate of drug-likeness (QED) is 0.696. The molecule has 2 aliphatic rings. The Kier molecular flexibility index (Phi) is 2.13. The molecule has 0 bridgehead atoms. The third-order valence-corrected chi connectivity index (χ3v) is 3.49. The zero-order valence-electron chi connectivity index (χ0n) is 7.75. The average Bonchev–Trinajstić information content (AvgIpc) is 2.80. The Morgan fingerprint density at radius 2 is 2.08 bits per heavy atom. The molecule has 2 atom stereocenters. The summed E-state index contributed by atoms with van der Waals surface area (Å²) in [5.74, 6) is 0.990. The van der Waals surface area contributed by atoms with E-state index in [9.17, 15) is 5.11 Å². The molecule has 2 fully saturated rings. The van der Waals surface area contributed by atoms with Crippen LogP contribution in [0.15, 0.2) is 0 Å². The van der Waals surface area contributed by atoms with Crippen molar-refractivity contribution >= 4 is 0 Å². The van der Waals surface area contributed by atoms with Gasteiger partial charge in [0.25, 0.3) is 0 Å². The topological polar surface area (TPSA) is 29.5 Å². The predicted molar refractivity (Wildman–Crippen MR) is 46.9 cm³/mol. The Morgan fingerprint density at radius 1 is 1.33 bits per heavy atom. The van der Waals surface area contributed by atoms with Gasteiger partial charge in [0.2, 0.25) is 0 Å². The van der Waals surface area contributed by atoms with Crippen molar-refractivity contribution in [2.75, 3.05) is 13.2 Å². The Morgan fingerprint density at radius 3 is 2.50 bits per heavy atom. The van der Waals surface area contributed by atoms with Gasteiger partial charge in [-0.1, -0.05) is 6.92 Å².